The first-order valence-corrected chi connectivity index (χ1v) is 9.44. The molecule has 0 amide bonds. The highest BCUT2D eigenvalue weighted by atomic mass is 32.1. The Morgan fingerprint density at radius 2 is 1.43 bits per heavy atom. The zero-order valence-electron chi connectivity index (χ0n) is 11.5. The van der Waals surface area contributed by atoms with Gasteiger partial charge in [0.2, 0.25) is 0 Å². The first-order valence-electron chi connectivity index (χ1n) is 5.81. The van der Waals surface area contributed by atoms with Crippen molar-refractivity contribution in [3.8, 4) is 0 Å². The van der Waals surface area contributed by atoms with Gasteiger partial charge < -0.3 is 29.3 Å². The lowest BCUT2D eigenvalue weighted by Crippen LogP contribution is -1.94. The fourth-order valence-electron chi connectivity index (χ4n) is 1.30. The quantitative estimate of drug-likeness (QED) is 0.383. The number of rotatable bonds is 8. The van der Waals surface area contributed by atoms with Gasteiger partial charge in [0.25, 0.3) is 0 Å². The van der Waals surface area contributed by atoms with Crippen LogP contribution in [0.5, 0.6) is 0 Å². The molecule has 0 N–H and O–H groups in total. The Kier molecular flexibility index (Phi) is 5.49. The predicted octanol–water partition coefficient (Wildman–Crippen LogP) is 2.97. The Morgan fingerprint density at radius 3 is 1.74 bits per heavy atom. The summed E-state index contributed by atoms with van der Waals surface area (Å²) >= 11 is 1.62. The molecule has 0 radical (unpaired) electrons. The summed E-state index contributed by atoms with van der Waals surface area (Å²) in [6.45, 7) is 0.933. The SMILES string of the molecule is CP(=O)(OCc1cnc([N+](=O)[O-])s1)OCc1cnc([N+](=O)[O-])s1. The van der Waals surface area contributed by atoms with Crippen LogP contribution in [0.25, 0.3) is 0 Å². The lowest BCUT2D eigenvalue weighted by molar-refractivity contribution is -0.384. The Morgan fingerprint density at radius 1 is 1.04 bits per heavy atom. The summed E-state index contributed by atoms with van der Waals surface area (Å²) in [6.07, 6.45) is 2.52. The van der Waals surface area contributed by atoms with Crippen LogP contribution in [0.3, 0.4) is 0 Å². The van der Waals surface area contributed by atoms with Crippen LogP contribution in [0.15, 0.2) is 12.4 Å². The highest BCUT2D eigenvalue weighted by molar-refractivity contribution is 7.52. The summed E-state index contributed by atoms with van der Waals surface area (Å²) in [5.74, 6) is 0. The molecule has 2 heterocycles. The minimum atomic E-state index is -3.43. The van der Waals surface area contributed by atoms with Crippen molar-refractivity contribution in [2.75, 3.05) is 6.66 Å². The van der Waals surface area contributed by atoms with Gasteiger partial charge in [0, 0.05) is 6.66 Å². The van der Waals surface area contributed by atoms with Crippen molar-refractivity contribution in [1.82, 2.24) is 9.97 Å². The molecule has 0 unspecified atom stereocenters. The van der Waals surface area contributed by atoms with Gasteiger partial charge >= 0.3 is 17.9 Å². The molecule has 2 aromatic rings. The number of hydrogen-bond acceptors (Lipinski definition) is 11. The summed E-state index contributed by atoms with van der Waals surface area (Å²) < 4.78 is 22.3. The van der Waals surface area contributed by atoms with E-state index in [2.05, 4.69) is 9.97 Å². The molecule has 0 bridgehead atoms. The molecule has 0 saturated heterocycles. The van der Waals surface area contributed by atoms with Crippen molar-refractivity contribution >= 4 is 40.5 Å². The number of aromatic nitrogens is 2. The average molecular weight is 380 g/mol. The van der Waals surface area contributed by atoms with Gasteiger partial charge in [-0.2, -0.15) is 0 Å². The molecule has 0 spiro atoms. The second-order valence-corrected chi connectivity index (χ2v) is 8.30. The Bertz CT molecular complexity index is 715. The van der Waals surface area contributed by atoms with E-state index in [0.717, 1.165) is 22.7 Å². The van der Waals surface area contributed by atoms with Gasteiger partial charge in [-0.1, -0.05) is 0 Å². The normalized spacial score (nSPS) is 11.5. The van der Waals surface area contributed by atoms with Gasteiger partial charge in [-0.25, -0.2) is 0 Å². The maximum Gasteiger partial charge on any atom is 0.423 e. The van der Waals surface area contributed by atoms with E-state index in [9.17, 15) is 24.8 Å². The van der Waals surface area contributed by atoms with Crippen LogP contribution in [-0.2, 0) is 26.8 Å². The van der Waals surface area contributed by atoms with Crippen LogP contribution in [0, 0.1) is 20.2 Å². The molecule has 2 aromatic heterocycles. The number of nitro groups is 2. The molecule has 0 aliphatic rings. The van der Waals surface area contributed by atoms with E-state index in [1.807, 2.05) is 0 Å². The molecule has 0 aliphatic heterocycles. The maximum atomic E-state index is 12.1. The monoisotopic (exact) mass is 380 g/mol. The Balaban J connectivity index is 1.86. The third-order valence-corrected chi connectivity index (χ3v) is 5.32. The van der Waals surface area contributed by atoms with Crippen LogP contribution in [0.4, 0.5) is 10.3 Å². The zero-order valence-corrected chi connectivity index (χ0v) is 14.0. The first kappa shape index (κ1) is 17.6. The van der Waals surface area contributed by atoms with Crippen molar-refractivity contribution in [1.29, 1.82) is 0 Å². The van der Waals surface area contributed by atoms with E-state index in [4.69, 9.17) is 9.05 Å². The summed E-state index contributed by atoms with van der Waals surface area (Å²) in [6, 6.07) is 0. The molecule has 0 fully saturated rings. The number of hydrogen-bond donors (Lipinski definition) is 0. The summed E-state index contributed by atoms with van der Waals surface area (Å²) in [4.78, 5) is 27.7. The van der Waals surface area contributed by atoms with E-state index in [0.29, 0.717) is 9.75 Å². The number of nitrogens with zero attached hydrogens (tertiary/aromatic N) is 4. The minimum absolute atomic E-state index is 0.151. The van der Waals surface area contributed by atoms with Crippen LogP contribution < -0.4 is 0 Å². The van der Waals surface area contributed by atoms with Crippen molar-refractivity contribution in [3.05, 3.63) is 42.4 Å². The van der Waals surface area contributed by atoms with Crippen molar-refractivity contribution < 1.29 is 23.5 Å². The van der Waals surface area contributed by atoms with Gasteiger partial charge in [-0.15, -0.1) is 0 Å². The summed E-state index contributed by atoms with van der Waals surface area (Å²) in [5, 5.41) is 20.4. The van der Waals surface area contributed by atoms with E-state index in [1.54, 1.807) is 0 Å². The molecule has 0 saturated carbocycles. The average Bonchev–Trinajstić information content (AvgIpc) is 3.12. The number of thiazole rings is 2. The fraction of sp³-hybridized carbons (Fsp3) is 0.333. The fourth-order valence-corrected chi connectivity index (χ4v) is 3.57. The molecule has 0 aliphatic carbocycles. The maximum absolute atomic E-state index is 12.1. The van der Waals surface area contributed by atoms with Gasteiger partial charge in [0.15, 0.2) is 12.4 Å². The lowest BCUT2D eigenvalue weighted by Gasteiger charge is -2.12. The van der Waals surface area contributed by atoms with Gasteiger partial charge in [0.1, 0.15) is 0 Å². The molecule has 11 nitrogen and oxygen atoms in total. The largest absolute Gasteiger partial charge is 0.423 e. The molecule has 14 heteroatoms. The predicted molar refractivity (Wildman–Crippen MR) is 80.6 cm³/mol. The Labute approximate surface area is 136 Å². The van der Waals surface area contributed by atoms with Crippen LogP contribution in [0.2, 0.25) is 0 Å². The third kappa shape index (κ3) is 5.11. The molecule has 2 rings (SSSR count). The lowest BCUT2D eigenvalue weighted by atomic mass is 10.6. The van der Waals surface area contributed by atoms with Crippen LogP contribution in [-0.4, -0.2) is 26.5 Å². The van der Waals surface area contributed by atoms with Crippen LogP contribution >= 0.6 is 30.3 Å². The van der Waals surface area contributed by atoms with Crippen molar-refractivity contribution in [2.45, 2.75) is 13.2 Å². The molecule has 0 aromatic carbocycles. The van der Waals surface area contributed by atoms with Gasteiger partial charge in [0.05, 0.1) is 23.0 Å². The van der Waals surface area contributed by atoms with E-state index < -0.39 is 17.4 Å². The molecule has 0 atom stereocenters. The topological polar surface area (TPSA) is 148 Å². The second-order valence-electron chi connectivity index (χ2n) is 4.05. The summed E-state index contributed by atoms with van der Waals surface area (Å²) in [5.41, 5.74) is 0. The molecular weight excluding hydrogens is 371 g/mol. The second kappa shape index (κ2) is 7.19. The highest BCUT2D eigenvalue weighted by Gasteiger charge is 2.22. The van der Waals surface area contributed by atoms with E-state index >= 15 is 0 Å². The third-order valence-electron chi connectivity index (χ3n) is 2.28. The summed E-state index contributed by atoms with van der Waals surface area (Å²) in [7, 11) is -3.43. The van der Waals surface area contributed by atoms with E-state index in [-0.39, 0.29) is 23.5 Å². The minimum Gasteiger partial charge on any atom is -0.357 e. The molecular formula is C9H9N4O7PS2. The van der Waals surface area contributed by atoms with Crippen molar-refractivity contribution in [2.24, 2.45) is 0 Å². The highest BCUT2D eigenvalue weighted by Crippen LogP contribution is 2.46. The molecule has 23 heavy (non-hydrogen) atoms. The standard InChI is InChI=1S/C9H9N4O7PS2/c1-21(18,19-4-6-2-10-8(22-6)12(14)15)20-5-7-3-11-9(23-7)13(16)17/h2-3H,4-5H2,1H3. The van der Waals surface area contributed by atoms with E-state index in [1.165, 1.54) is 19.1 Å². The zero-order chi connectivity index (χ0) is 17.0. The van der Waals surface area contributed by atoms with Crippen LogP contribution in [0.1, 0.15) is 9.75 Å². The molecule has 124 valence electrons. The van der Waals surface area contributed by atoms with Gasteiger partial charge in [-0.3, -0.25) is 4.57 Å². The Hall–Kier alpha value is -1.79. The smallest absolute Gasteiger partial charge is 0.357 e. The first-order chi connectivity index (χ1) is 10.8. The van der Waals surface area contributed by atoms with Crippen molar-refractivity contribution in [3.63, 3.8) is 0 Å². The van der Waals surface area contributed by atoms with Gasteiger partial charge in [-0.05, 0) is 42.5 Å².